The molecule has 5 nitrogen and oxygen atoms in total. The van der Waals surface area contributed by atoms with Gasteiger partial charge in [0.25, 0.3) is 0 Å². The third kappa shape index (κ3) is 4.81. The Kier molecular flexibility index (Phi) is 6.17. The van der Waals surface area contributed by atoms with Crippen molar-refractivity contribution in [2.45, 2.75) is 18.1 Å². The van der Waals surface area contributed by atoms with Gasteiger partial charge in [-0.05, 0) is 36.1 Å². The number of rotatable bonds is 8. The van der Waals surface area contributed by atoms with Gasteiger partial charge in [-0.3, -0.25) is 4.79 Å². The molecule has 2 aromatic carbocycles. The molecule has 0 aliphatic heterocycles. The molecule has 2 aromatic heterocycles. The summed E-state index contributed by atoms with van der Waals surface area (Å²) in [6.45, 7) is 2.57. The average molecular weight is 424 g/mol. The van der Waals surface area contributed by atoms with Crippen LogP contribution in [0.2, 0.25) is 0 Å². The molecule has 0 aliphatic rings. The van der Waals surface area contributed by atoms with Gasteiger partial charge < -0.3 is 15.0 Å². The predicted octanol–water partition coefficient (Wildman–Crippen LogP) is 5.02. The van der Waals surface area contributed by atoms with Gasteiger partial charge in [0.05, 0.1) is 29.4 Å². The second-order valence-corrected chi connectivity index (χ2v) is 8.31. The molecular weight excluding hydrogens is 402 g/mol. The van der Waals surface area contributed by atoms with E-state index < -0.39 is 0 Å². The first-order chi connectivity index (χ1) is 14.2. The number of thiophene rings is 1. The van der Waals surface area contributed by atoms with Crippen molar-refractivity contribution in [3.05, 3.63) is 76.5 Å². The minimum absolute atomic E-state index is 0.0345. The fourth-order valence-corrected chi connectivity index (χ4v) is 4.55. The lowest BCUT2D eigenvalue weighted by Crippen LogP contribution is -2.30. The highest BCUT2D eigenvalue weighted by atomic mass is 32.2. The second-order valence-electron chi connectivity index (χ2n) is 6.37. The number of carbonyl (C=O) groups excluding carboxylic acids is 1. The highest BCUT2D eigenvalue weighted by molar-refractivity contribution is 7.99. The number of ether oxygens (including phenoxy) is 1. The van der Waals surface area contributed by atoms with Crippen LogP contribution >= 0.6 is 23.1 Å². The number of nitrogens with one attached hydrogen (secondary N) is 2. The van der Waals surface area contributed by atoms with E-state index in [1.165, 1.54) is 11.8 Å². The van der Waals surface area contributed by atoms with Crippen molar-refractivity contribution in [2.75, 3.05) is 12.4 Å². The fraction of sp³-hybridized carbons (Fsp3) is 0.182. The molecule has 0 fully saturated rings. The number of fused-ring (bicyclic) bond motifs is 1. The second kappa shape index (κ2) is 9.15. The van der Waals surface area contributed by atoms with Crippen LogP contribution in [-0.4, -0.2) is 28.2 Å². The van der Waals surface area contributed by atoms with Gasteiger partial charge in [-0.15, -0.1) is 11.3 Å². The summed E-state index contributed by atoms with van der Waals surface area (Å²) in [6.07, 6.45) is 0. The summed E-state index contributed by atoms with van der Waals surface area (Å²) in [6, 6.07) is 19.7. The van der Waals surface area contributed by atoms with Crippen LogP contribution in [0.4, 0.5) is 0 Å². The zero-order valence-corrected chi connectivity index (χ0v) is 17.6. The third-order valence-corrected chi connectivity index (χ3v) is 6.16. The topological polar surface area (TPSA) is 67.0 Å². The Balaban J connectivity index is 1.43. The molecule has 29 heavy (non-hydrogen) atoms. The summed E-state index contributed by atoms with van der Waals surface area (Å²) < 4.78 is 5.52. The van der Waals surface area contributed by atoms with Crippen LogP contribution in [0.5, 0.6) is 5.75 Å². The molecule has 148 valence electrons. The maximum Gasteiger partial charge on any atom is 0.231 e. The summed E-state index contributed by atoms with van der Waals surface area (Å²) in [5.74, 6) is 1.06. The molecule has 0 unspecified atom stereocenters. The molecule has 2 heterocycles. The first kappa shape index (κ1) is 19.5. The molecule has 0 spiro atoms. The molecular formula is C22H21N3O2S2. The maximum atomic E-state index is 12.7. The molecule has 7 heteroatoms. The van der Waals surface area contributed by atoms with Gasteiger partial charge in [-0.25, -0.2) is 4.98 Å². The highest BCUT2D eigenvalue weighted by Gasteiger charge is 2.18. The van der Waals surface area contributed by atoms with Gasteiger partial charge in [-0.2, -0.15) is 0 Å². The quantitative estimate of drug-likeness (QED) is 0.391. The van der Waals surface area contributed by atoms with Gasteiger partial charge in [0.1, 0.15) is 5.75 Å². The molecule has 1 amide bonds. The lowest BCUT2D eigenvalue weighted by Gasteiger charge is -2.17. The Hall–Kier alpha value is -2.77. The Morgan fingerprint density at radius 2 is 2.07 bits per heavy atom. The predicted molar refractivity (Wildman–Crippen MR) is 119 cm³/mol. The van der Waals surface area contributed by atoms with Gasteiger partial charge >= 0.3 is 0 Å². The number of nitrogens with zero attached hydrogens (tertiary/aromatic N) is 1. The largest absolute Gasteiger partial charge is 0.494 e. The van der Waals surface area contributed by atoms with E-state index in [-0.39, 0.29) is 17.7 Å². The number of carbonyl (C=O) groups is 1. The summed E-state index contributed by atoms with van der Waals surface area (Å²) in [7, 11) is 0. The molecule has 0 bridgehead atoms. The molecule has 2 N–H and O–H groups in total. The van der Waals surface area contributed by atoms with Crippen LogP contribution in [-0.2, 0) is 4.79 Å². The number of aromatic amines is 1. The van der Waals surface area contributed by atoms with Gasteiger partial charge in [0.15, 0.2) is 5.16 Å². The molecule has 0 radical (unpaired) electrons. The van der Waals surface area contributed by atoms with E-state index in [0.29, 0.717) is 6.61 Å². The SMILES string of the molecule is CCOc1ccc2nc(SCC(=O)N[C@@H](c3ccccc3)c3cccs3)[nH]c2c1. The summed E-state index contributed by atoms with van der Waals surface area (Å²) in [5.41, 5.74) is 2.83. The zero-order valence-electron chi connectivity index (χ0n) is 15.9. The number of amides is 1. The lowest BCUT2D eigenvalue weighted by molar-refractivity contribution is -0.119. The number of hydrogen-bond acceptors (Lipinski definition) is 5. The van der Waals surface area contributed by atoms with Crippen molar-refractivity contribution in [1.29, 1.82) is 0 Å². The molecule has 0 aliphatic carbocycles. The molecule has 4 aromatic rings. The van der Waals surface area contributed by atoms with Crippen molar-refractivity contribution in [1.82, 2.24) is 15.3 Å². The number of thioether (sulfide) groups is 1. The van der Waals surface area contributed by atoms with Crippen LogP contribution < -0.4 is 10.1 Å². The first-order valence-corrected chi connectivity index (χ1v) is 11.2. The van der Waals surface area contributed by atoms with E-state index in [9.17, 15) is 4.79 Å². The third-order valence-electron chi connectivity index (χ3n) is 4.35. The Morgan fingerprint density at radius 3 is 2.83 bits per heavy atom. The molecule has 0 saturated heterocycles. The van der Waals surface area contributed by atoms with E-state index in [0.717, 1.165) is 32.4 Å². The number of imidazole rings is 1. The van der Waals surface area contributed by atoms with E-state index >= 15 is 0 Å². The fourth-order valence-electron chi connectivity index (χ4n) is 3.05. The normalized spacial score (nSPS) is 12.0. The lowest BCUT2D eigenvalue weighted by atomic mass is 10.1. The van der Waals surface area contributed by atoms with Crippen LogP contribution in [0.15, 0.2) is 71.2 Å². The van der Waals surface area contributed by atoms with Crippen LogP contribution in [0, 0.1) is 0 Å². The van der Waals surface area contributed by atoms with Gasteiger partial charge in [-0.1, -0.05) is 48.2 Å². The molecule has 0 saturated carbocycles. The first-order valence-electron chi connectivity index (χ1n) is 9.36. The van der Waals surface area contributed by atoms with E-state index in [1.54, 1.807) is 11.3 Å². The monoisotopic (exact) mass is 423 g/mol. The summed E-state index contributed by atoms with van der Waals surface area (Å²) in [4.78, 5) is 21.6. The van der Waals surface area contributed by atoms with Crippen molar-refractivity contribution < 1.29 is 9.53 Å². The van der Waals surface area contributed by atoms with Gasteiger partial charge in [0, 0.05) is 10.9 Å². The maximum absolute atomic E-state index is 12.7. The van der Waals surface area contributed by atoms with Crippen LogP contribution in [0.3, 0.4) is 0 Å². The summed E-state index contributed by atoms with van der Waals surface area (Å²) >= 11 is 3.03. The number of hydrogen-bond donors (Lipinski definition) is 2. The van der Waals surface area contributed by atoms with E-state index in [4.69, 9.17) is 4.74 Å². The Bertz CT molecular complexity index is 1080. The summed E-state index contributed by atoms with van der Waals surface area (Å²) in [5, 5.41) is 5.90. The zero-order chi connectivity index (χ0) is 20.1. The number of benzene rings is 2. The van der Waals surface area contributed by atoms with Crippen molar-refractivity contribution in [2.24, 2.45) is 0 Å². The van der Waals surface area contributed by atoms with Crippen molar-refractivity contribution in [3.63, 3.8) is 0 Å². The highest BCUT2D eigenvalue weighted by Crippen LogP contribution is 2.27. The Labute approximate surface area is 177 Å². The molecule has 1 atom stereocenters. The Morgan fingerprint density at radius 1 is 1.21 bits per heavy atom. The van der Waals surface area contributed by atoms with E-state index in [2.05, 4.69) is 15.3 Å². The van der Waals surface area contributed by atoms with Gasteiger partial charge in [0.2, 0.25) is 5.91 Å². The average Bonchev–Trinajstić information content (AvgIpc) is 3.41. The minimum Gasteiger partial charge on any atom is -0.494 e. The van der Waals surface area contributed by atoms with Crippen molar-refractivity contribution in [3.8, 4) is 5.75 Å². The van der Waals surface area contributed by atoms with Crippen molar-refractivity contribution >= 4 is 40.0 Å². The smallest absolute Gasteiger partial charge is 0.231 e. The number of aromatic nitrogens is 2. The van der Waals surface area contributed by atoms with Crippen LogP contribution in [0.1, 0.15) is 23.4 Å². The minimum atomic E-state index is -0.145. The molecule has 4 rings (SSSR count). The van der Waals surface area contributed by atoms with Crippen LogP contribution in [0.25, 0.3) is 11.0 Å². The number of H-pyrrole nitrogens is 1. The van der Waals surface area contributed by atoms with E-state index in [1.807, 2.05) is 73.0 Å². The standard InChI is InChI=1S/C22H21N3O2S2/c1-2-27-16-10-11-17-18(13-16)24-22(23-17)29-14-20(26)25-21(19-9-6-12-28-19)15-7-4-3-5-8-15/h3-13,21H,2,14H2,1H3,(H,23,24)(H,25,26)/t21-/m0/s1.